The lowest BCUT2D eigenvalue weighted by Crippen LogP contribution is -2.48. The molecule has 1 aromatic rings. The van der Waals surface area contributed by atoms with E-state index in [1.807, 2.05) is 6.07 Å². The Bertz CT molecular complexity index is 625. The second kappa shape index (κ2) is 7.20. The molecule has 24 heavy (non-hydrogen) atoms. The molecule has 3 rings (SSSR count). The smallest absolute Gasteiger partial charge is 0.307 e. The number of methoxy groups -OCH3 is 1. The van der Waals surface area contributed by atoms with Crippen molar-refractivity contribution in [2.45, 2.75) is 63.5 Å². The molecule has 0 saturated heterocycles. The summed E-state index contributed by atoms with van der Waals surface area (Å²) < 4.78 is 4.87. The highest BCUT2D eigenvalue weighted by molar-refractivity contribution is 5.72. The van der Waals surface area contributed by atoms with Gasteiger partial charge in [0.25, 0.3) is 5.69 Å². The van der Waals surface area contributed by atoms with Gasteiger partial charge < -0.3 is 9.64 Å². The number of fused-ring (bicyclic) bond motifs is 1. The van der Waals surface area contributed by atoms with Crippen molar-refractivity contribution < 1.29 is 14.5 Å². The molecule has 0 amide bonds. The largest absolute Gasteiger partial charge is 0.469 e. The number of benzene rings is 1. The lowest BCUT2D eigenvalue weighted by molar-refractivity contribution is -0.384. The zero-order chi connectivity index (χ0) is 17.1. The predicted molar refractivity (Wildman–Crippen MR) is 91.2 cm³/mol. The molecule has 0 radical (unpaired) electrons. The van der Waals surface area contributed by atoms with Gasteiger partial charge in [0.2, 0.25) is 0 Å². The molecule has 1 fully saturated rings. The fourth-order valence-corrected chi connectivity index (χ4v) is 4.13. The van der Waals surface area contributed by atoms with Crippen molar-refractivity contribution in [3.8, 4) is 0 Å². The van der Waals surface area contributed by atoms with Crippen LogP contribution in [0.1, 0.15) is 50.5 Å². The Morgan fingerprint density at radius 1 is 1.29 bits per heavy atom. The number of anilines is 1. The molecule has 1 aromatic carbocycles. The highest BCUT2D eigenvalue weighted by atomic mass is 16.6. The molecule has 1 aliphatic heterocycles. The molecule has 0 unspecified atom stereocenters. The number of nitrogens with zero attached hydrogens (tertiary/aromatic N) is 2. The third kappa shape index (κ3) is 3.37. The minimum absolute atomic E-state index is 0.120. The Balaban J connectivity index is 1.93. The zero-order valence-corrected chi connectivity index (χ0v) is 14.1. The van der Waals surface area contributed by atoms with E-state index in [2.05, 4.69) is 4.90 Å². The van der Waals surface area contributed by atoms with Gasteiger partial charge in [-0.1, -0.05) is 19.3 Å². The maximum absolute atomic E-state index is 11.8. The van der Waals surface area contributed by atoms with Crippen molar-refractivity contribution in [1.82, 2.24) is 0 Å². The lowest BCUT2D eigenvalue weighted by atomic mass is 9.87. The van der Waals surface area contributed by atoms with Crippen LogP contribution in [0.25, 0.3) is 0 Å². The van der Waals surface area contributed by atoms with Gasteiger partial charge >= 0.3 is 5.97 Å². The van der Waals surface area contributed by atoms with Gasteiger partial charge in [-0.2, -0.15) is 0 Å². The molecule has 0 N–H and O–H groups in total. The minimum Gasteiger partial charge on any atom is -0.469 e. The lowest BCUT2D eigenvalue weighted by Gasteiger charge is -2.45. The number of hydrogen-bond donors (Lipinski definition) is 0. The van der Waals surface area contributed by atoms with E-state index in [9.17, 15) is 14.9 Å². The number of nitro groups is 1. The summed E-state index contributed by atoms with van der Waals surface area (Å²) in [6.07, 6.45) is 7.88. The van der Waals surface area contributed by atoms with Crippen molar-refractivity contribution in [1.29, 1.82) is 0 Å². The zero-order valence-electron chi connectivity index (χ0n) is 14.1. The average Bonchev–Trinajstić information content (AvgIpc) is 2.61. The molecule has 130 valence electrons. The molecule has 0 spiro atoms. The summed E-state index contributed by atoms with van der Waals surface area (Å²) in [5.74, 6) is -0.189. The van der Waals surface area contributed by atoms with Crippen molar-refractivity contribution in [2.75, 3.05) is 12.0 Å². The van der Waals surface area contributed by atoms with Gasteiger partial charge in [0.1, 0.15) is 0 Å². The van der Waals surface area contributed by atoms with Crippen LogP contribution in [0.15, 0.2) is 18.2 Å². The predicted octanol–water partition coefficient (Wildman–Crippen LogP) is 3.61. The normalized spacial score (nSPS) is 21.2. The summed E-state index contributed by atoms with van der Waals surface area (Å²) in [6.45, 7) is 0. The van der Waals surface area contributed by atoms with E-state index in [1.165, 1.54) is 26.4 Å². The van der Waals surface area contributed by atoms with Crippen LogP contribution >= 0.6 is 0 Å². The summed E-state index contributed by atoms with van der Waals surface area (Å²) >= 11 is 0. The fourth-order valence-electron chi connectivity index (χ4n) is 4.13. The Labute approximate surface area is 141 Å². The van der Waals surface area contributed by atoms with Crippen LogP contribution < -0.4 is 4.90 Å². The molecular weight excluding hydrogens is 308 g/mol. The monoisotopic (exact) mass is 332 g/mol. The first kappa shape index (κ1) is 16.7. The Hall–Kier alpha value is -2.11. The van der Waals surface area contributed by atoms with Gasteiger partial charge in [-0.15, -0.1) is 0 Å². The van der Waals surface area contributed by atoms with Crippen LogP contribution in [0.5, 0.6) is 0 Å². The van der Waals surface area contributed by atoms with Gasteiger partial charge in [0.05, 0.1) is 18.5 Å². The van der Waals surface area contributed by atoms with Crippen molar-refractivity contribution in [2.24, 2.45) is 0 Å². The van der Waals surface area contributed by atoms with Crippen LogP contribution in [-0.4, -0.2) is 30.1 Å². The number of ether oxygens (including phenoxy) is 1. The number of nitro benzene ring substituents is 1. The van der Waals surface area contributed by atoms with Gasteiger partial charge in [0.15, 0.2) is 0 Å². The molecule has 1 saturated carbocycles. The second-order valence-corrected chi connectivity index (χ2v) is 6.74. The maximum Gasteiger partial charge on any atom is 0.307 e. The maximum atomic E-state index is 11.8. The molecule has 2 aliphatic rings. The second-order valence-electron chi connectivity index (χ2n) is 6.74. The Kier molecular flexibility index (Phi) is 5.02. The molecule has 1 atom stereocenters. The molecule has 6 heteroatoms. The van der Waals surface area contributed by atoms with E-state index in [-0.39, 0.29) is 22.6 Å². The third-order valence-corrected chi connectivity index (χ3v) is 5.29. The minimum atomic E-state index is -0.342. The van der Waals surface area contributed by atoms with E-state index >= 15 is 0 Å². The summed E-state index contributed by atoms with van der Waals surface area (Å²) in [5.41, 5.74) is 2.23. The molecule has 0 bridgehead atoms. The average molecular weight is 332 g/mol. The number of rotatable bonds is 4. The van der Waals surface area contributed by atoms with E-state index in [4.69, 9.17) is 4.74 Å². The quantitative estimate of drug-likeness (QED) is 0.478. The van der Waals surface area contributed by atoms with Crippen molar-refractivity contribution in [3.63, 3.8) is 0 Å². The fraction of sp³-hybridized carbons (Fsp3) is 0.611. The van der Waals surface area contributed by atoms with Crippen LogP contribution in [0, 0.1) is 10.1 Å². The number of aryl methyl sites for hydroxylation is 1. The van der Waals surface area contributed by atoms with Gasteiger partial charge in [-0.25, -0.2) is 0 Å². The van der Waals surface area contributed by atoms with Crippen molar-refractivity contribution in [3.05, 3.63) is 33.9 Å². The number of non-ortho nitro benzene ring substituents is 1. The van der Waals surface area contributed by atoms with Gasteiger partial charge in [-0.05, 0) is 37.3 Å². The van der Waals surface area contributed by atoms with Crippen LogP contribution in [0.4, 0.5) is 11.4 Å². The first-order valence-corrected chi connectivity index (χ1v) is 8.72. The van der Waals surface area contributed by atoms with E-state index in [0.29, 0.717) is 12.5 Å². The molecule has 1 aliphatic carbocycles. The van der Waals surface area contributed by atoms with E-state index in [0.717, 1.165) is 36.9 Å². The van der Waals surface area contributed by atoms with Crippen LogP contribution in [0.3, 0.4) is 0 Å². The SMILES string of the molecule is COC(=O)C[C@H]1CCc2cc([N+](=O)[O-])ccc2N1C1CCCCC1. The summed E-state index contributed by atoms with van der Waals surface area (Å²) in [5, 5.41) is 11.0. The first-order chi connectivity index (χ1) is 11.6. The topological polar surface area (TPSA) is 72.7 Å². The van der Waals surface area contributed by atoms with Gasteiger partial charge in [-0.3, -0.25) is 14.9 Å². The van der Waals surface area contributed by atoms with Crippen LogP contribution in [0.2, 0.25) is 0 Å². The number of carbonyl (C=O) groups is 1. The van der Waals surface area contributed by atoms with E-state index < -0.39 is 0 Å². The van der Waals surface area contributed by atoms with Crippen molar-refractivity contribution >= 4 is 17.3 Å². The highest BCUT2D eigenvalue weighted by Crippen LogP contribution is 2.39. The van der Waals surface area contributed by atoms with Gasteiger partial charge in [0, 0.05) is 29.9 Å². The Morgan fingerprint density at radius 2 is 2.04 bits per heavy atom. The highest BCUT2D eigenvalue weighted by Gasteiger charge is 2.34. The number of hydrogen-bond acceptors (Lipinski definition) is 5. The Morgan fingerprint density at radius 3 is 2.71 bits per heavy atom. The standard InChI is InChI=1S/C18H24N2O4/c1-24-18(21)12-15-8-7-13-11-16(20(22)23)9-10-17(13)19(15)14-5-3-2-4-6-14/h9-11,14-15H,2-8,12H2,1H3/t15-/m1/s1. The van der Waals surface area contributed by atoms with Crippen LogP contribution in [-0.2, 0) is 16.0 Å². The summed E-state index contributed by atoms with van der Waals surface area (Å²) in [6, 6.07) is 5.67. The summed E-state index contributed by atoms with van der Waals surface area (Å²) in [4.78, 5) is 24.9. The third-order valence-electron chi connectivity index (χ3n) is 5.29. The molecule has 6 nitrogen and oxygen atoms in total. The summed E-state index contributed by atoms with van der Waals surface area (Å²) in [7, 11) is 1.42. The number of esters is 1. The number of carbonyl (C=O) groups excluding carboxylic acids is 1. The molecule has 0 aromatic heterocycles. The molecule has 1 heterocycles. The first-order valence-electron chi connectivity index (χ1n) is 8.72. The molecular formula is C18H24N2O4. The van der Waals surface area contributed by atoms with E-state index in [1.54, 1.807) is 12.1 Å².